The smallest absolute Gasteiger partial charge is 0.255 e. The number of likely N-dealkylation sites (N-methyl/N-ethyl adjacent to an activating group) is 1. The molecule has 1 aliphatic heterocycles. The van der Waals surface area contributed by atoms with Crippen LogP contribution in [-0.4, -0.2) is 50.2 Å². The average molecular weight is 303 g/mol. The third-order valence-corrected chi connectivity index (χ3v) is 3.86. The van der Waals surface area contributed by atoms with Crippen LogP contribution in [0.2, 0.25) is 10.0 Å². The van der Waals surface area contributed by atoms with Crippen LogP contribution in [-0.2, 0) is 4.74 Å². The molecule has 1 aromatic rings. The molecule has 1 saturated heterocycles. The van der Waals surface area contributed by atoms with Gasteiger partial charge < -0.3 is 15.0 Å². The van der Waals surface area contributed by atoms with E-state index in [2.05, 4.69) is 5.32 Å². The summed E-state index contributed by atoms with van der Waals surface area (Å²) < 4.78 is 5.57. The Bertz CT molecular complexity index is 466. The van der Waals surface area contributed by atoms with Gasteiger partial charge in [0, 0.05) is 19.6 Å². The summed E-state index contributed by atoms with van der Waals surface area (Å²) in [6.07, 6.45) is 0.0145. The second-order valence-corrected chi connectivity index (χ2v) is 5.19. The molecule has 6 heteroatoms. The lowest BCUT2D eigenvalue weighted by atomic mass is 10.1. The zero-order valence-corrected chi connectivity index (χ0v) is 12.2. The van der Waals surface area contributed by atoms with Gasteiger partial charge in [-0.2, -0.15) is 0 Å². The molecule has 1 amide bonds. The van der Waals surface area contributed by atoms with E-state index < -0.39 is 0 Å². The van der Waals surface area contributed by atoms with Gasteiger partial charge in [0.2, 0.25) is 0 Å². The maximum atomic E-state index is 12.4. The molecule has 19 heavy (non-hydrogen) atoms. The molecule has 0 bridgehead atoms. The fourth-order valence-corrected chi connectivity index (χ4v) is 2.48. The third kappa shape index (κ3) is 3.39. The normalized spacial score (nSPS) is 19.5. The molecule has 4 nitrogen and oxygen atoms in total. The maximum Gasteiger partial charge on any atom is 0.255 e. The van der Waals surface area contributed by atoms with E-state index in [1.807, 2.05) is 7.05 Å². The fraction of sp³-hybridized carbons (Fsp3) is 0.462. The van der Waals surface area contributed by atoms with Crippen LogP contribution >= 0.6 is 23.2 Å². The summed E-state index contributed by atoms with van der Waals surface area (Å²) in [5.41, 5.74) is 0.444. The van der Waals surface area contributed by atoms with Gasteiger partial charge in [0.1, 0.15) is 0 Å². The van der Waals surface area contributed by atoms with E-state index in [9.17, 15) is 4.79 Å². The van der Waals surface area contributed by atoms with Gasteiger partial charge in [-0.15, -0.1) is 0 Å². The summed E-state index contributed by atoms with van der Waals surface area (Å²) in [7, 11) is 1.86. The Morgan fingerprint density at radius 1 is 1.53 bits per heavy atom. The number of carbonyl (C=O) groups is 1. The van der Waals surface area contributed by atoms with Gasteiger partial charge in [-0.25, -0.2) is 0 Å². The van der Waals surface area contributed by atoms with Gasteiger partial charge in [-0.05, 0) is 19.2 Å². The van der Waals surface area contributed by atoms with Gasteiger partial charge in [-0.1, -0.05) is 29.3 Å². The van der Waals surface area contributed by atoms with E-state index in [-0.39, 0.29) is 12.0 Å². The van der Waals surface area contributed by atoms with E-state index >= 15 is 0 Å². The Morgan fingerprint density at radius 3 is 3.05 bits per heavy atom. The van der Waals surface area contributed by atoms with Crippen molar-refractivity contribution in [2.24, 2.45) is 0 Å². The molecule has 1 unspecified atom stereocenters. The molecular formula is C13H16Cl2N2O2. The first-order valence-corrected chi connectivity index (χ1v) is 6.88. The van der Waals surface area contributed by atoms with Crippen molar-refractivity contribution in [1.29, 1.82) is 0 Å². The van der Waals surface area contributed by atoms with Crippen LogP contribution in [0.1, 0.15) is 10.4 Å². The molecule has 104 valence electrons. The number of nitrogens with zero attached hydrogens (tertiary/aromatic N) is 1. The van der Waals surface area contributed by atoms with Gasteiger partial charge in [0.25, 0.3) is 5.91 Å². The van der Waals surface area contributed by atoms with Crippen LogP contribution in [0.4, 0.5) is 0 Å². The van der Waals surface area contributed by atoms with Crippen LogP contribution < -0.4 is 5.32 Å². The van der Waals surface area contributed by atoms with E-state index in [1.54, 1.807) is 23.1 Å². The van der Waals surface area contributed by atoms with Crippen molar-refractivity contribution in [1.82, 2.24) is 10.2 Å². The van der Waals surface area contributed by atoms with E-state index in [0.29, 0.717) is 41.8 Å². The van der Waals surface area contributed by atoms with Crippen molar-refractivity contribution in [3.8, 4) is 0 Å². The van der Waals surface area contributed by atoms with Crippen molar-refractivity contribution in [3.63, 3.8) is 0 Å². The minimum atomic E-state index is -0.100. The number of halogens is 2. The topological polar surface area (TPSA) is 41.6 Å². The molecule has 1 heterocycles. The lowest BCUT2D eigenvalue weighted by Gasteiger charge is -2.33. The zero-order chi connectivity index (χ0) is 13.8. The monoisotopic (exact) mass is 302 g/mol. The largest absolute Gasteiger partial charge is 0.373 e. The molecule has 1 fully saturated rings. The van der Waals surface area contributed by atoms with Crippen LogP contribution in [0.5, 0.6) is 0 Å². The van der Waals surface area contributed by atoms with Gasteiger partial charge in [-0.3, -0.25) is 4.79 Å². The molecule has 0 saturated carbocycles. The number of amides is 1. The Kier molecular flexibility index (Phi) is 5.05. The highest BCUT2D eigenvalue weighted by Crippen LogP contribution is 2.26. The summed E-state index contributed by atoms with van der Waals surface area (Å²) in [6, 6.07) is 5.09. The Morgan fingerprint density at radius 2 is 2.32 bits per heavy atom. The van der Waals surface area contributed by atoms with Crippen molar-refractivity contribution < 1.29 is 9.53 Å². The molecular weight excluding hydrogens is 287 g/mol. The summed E-state index contributed by atoms with van der Waals surface area (Å²) in [5.74, 6) is -0.100. The number of hydrogen-bond acceptors (Lipinski definition) is 3. The number of carbonyl (C=O) groups excluding carboxylic acids is 1. The highest BCUT2D eigenvalue weighted by molar-refractivity contribution is 6.43. The number of hydrogen-bond donors (Lipinski definition) is 1. The molecule has 0 aliphatic carbocycles. The first-order chi connectivity index (χ1) is 9.13. The minimum Gasteiger partial charge on any atom is -0.373 e. The van der Waals surface area contributed by atoms with Crippen LogP contribution in [0.25, 0.3) is 0 Å². The SMILES string of the molecule is CNCC1CN(C(=O)c2cccc(Cl)c2Cl)CCO1. The molecule has 1 atom stereocenters. The van der Waals surface area contributed by atoms with Crippen molar-refractivity contribution in [2.75, 3.05) is 33.3 Å². The van der Waals surface area contributed by atoms with Crippen molar-refractivity contribution in [2.45, 2.75) is 6.10 Å². The van der Waals surface area contributed by atoms with Gasteiger partial charge in [0.05, 0.1) is 28.3 Å². The van der Waals surface area contributed by atoms with Gasteiger partial charge in [0.15, 0.2) is 0 Å². The number of benzene rings is 1. The van der Waals surface area contributed by atoms with Crippen molar-refractivity contribution in [3.05, 3.63) is 33.8 Å². The standard InChI is InChI=1S/C13H16Cl2N2O2/c1-16-7-9-8-17(5-6-19-9)13(18)10-3-2-4-11(14)12(10)15/h2-4,9,16H,5-8H2,1H3. The van der Waals surface area contributed by atoms with E-state index in [4.69, 9.17) is 27.9 Å². The summed E-state index contributed by atoms with van der Waals surface area (Å²) in [6.45, 7) is 2.38. The van der Waals surface area contributed by atoms with E-state index in [0.717, 1.165) is 0 Å². The maximum absolute atomic E-state index is 12.4. The summed E-state index contributed by atoms with van der Waals surface area (Å²) in [5, 5.41) is 3.75. The number of morpholine rings is 1. The fourth-order valence-electron chi connectivity index (χ4n) is 2.09. The lowest BCUT2D eigenvalue weighted by Crippen LogP contribution is -2.48. The second kappa shape index (κ2) is 6.57. The predicted molar refractivity (Wildman–Crippen MR) is 76.0 cm³/mol. The van der Waals surface area contributed by atoms with E-state index in [1.165, 1.54) is 0 Å². The van der Waals surface area contributed by atoms with Crippen LogP contribution in [0.3, 0.4) is 0 Å². The molecule has 0 radical (unpaired) electrons. The highest BCUT2D eigenvalue weighted by Gasteiger charge is 2.26. The Hall–Kier alpha value is -0.810. The minimum absolute atomic E-state index is 0.0145. The Balaban J connectivity index is 2.12. The first kappa shape index (κ1) is 14.6. The number of rotatable bonds is 3. The number of nitrogens with one attached hydrogen (secondary N) is 1. The molecule has 1 aliphatic rings. The van der Waals surface area contributed by atoms with Crippen LogP contribution in [0, 0.1) is 0 Å². The second-order valence-electron chi connectivity index (χ2n) is 4.40. The molecule has 2 rings (SSSR count). The third-order valence-electron chi connectivity index (χ3n) is 3.04. The zero-order valence-electron chi connectivity index (χ0n) is 10.7. The summed E-state index contributed by atoms with van der Waals surface area (Å²) >= 11 is 12.0. The van der Waals surface area contributed by atoms with Crippen molar-refractivity contribution >= 4 is 29.1 Å². The lowest BCUT2D eigenvalue weighted by molar-refractivity contribution is -0.0196. The van der Waals surface area contributed by atoms with Crippen LogP contribution in [0.15, 0.2) is 18.2 Å². The number of ether oxygens (including phenoxy) is 1. The van der Waals surface area contributed by atoms with Gasteiger partial charge >= 0.3 is 0 Å². The average Bonchev–Trinajstić information content (AvgIpc) is 2.42. The Labute approximate surface area is 122 Å². The quantitative estimate of drug-likeness (QED) is 0.929. The molecule has 0 aromatic heterocycles. The molecule has 0 spiro atoms. The first-order valence-electron chi connectivity index (χ1n) is 6.13. The molecule has 1 aromatic carbocycles. The highest BCUT2D eigenvalue weighted by atomic mass is 35.5. The summed E-state index contributed by atoms with van der Waals surface area (Å²) in [4.78, 5) is 14.2. The molecule has 1 N–H and O–H groups in total. The predicted octanol–water partition coefficient (Wildman–Crippen LogP) is 2.05.